The molecule has 2 atom stereocenters. The lowest BCUT2D eigenvalue weighted by Crippen LogP contribution is -2.16. The van der Waals surface area contributed by atoms with Crippen LogP contribution in [0.25, 0.3) is 0 Å². The molecule has 0 aromatic carbocycles. The summed E-state index contributed by atoms with van der Waals surface area (Å²) in [6, 6.07) is 1.77. The molecule has 0 saturated carbocycles. The smallest absolute Gasteiger partial charge is 0.180 e. The van der Waals surface area contributed by atoms with E-state index in [1.165, 1.54) is 6.20 Å². The monoisotopic (exact) mass is 199 g/mol. The SMILES string of the molecule is N#CCC(O)C(O)c1cnc(N)s1. The molecule has 0 aliphatic heterocycles. The topological polar surface area (TPSA) is 103 Å². The number of aliphatic hydroxyl groups excluding tert-OH is 2. The van der Waals surface area contributed by atoms with Crippen LogP contribution in [0.4, 0.5) is 5.13 Å². The molecule has 0 saturated heterocycles. The van der Waals surface area contributed by atoms with Crippen molar-refractivity contribution in [3.8, 4) is 6.07 Å². The Morgan fingerprint density at radius 2 is 2.38 bits per heavy atom. The minimum absolute atomic E-state index is 0.112. The van der Waals surface area contributed by atoms with Gasteiger partial charge in [-0.3, -0.25) is 0 Å². The fourth-order valence-electron chi connectivity index (χ4n) is 0.832. The minimum Gasteiger partial charge on any atom is -0.389 e. The number of thiazole rings is 1. The van der Waals surface area contributed by atoms with Gasteiger partial charge in [-0.1, -0.05) is 11.3 Å². The number of nitrogen functional groups attached to an aromatic ring is 1. The largest absolute Gasteiger partial charge is 0.389 e. The summed E-state index contributed by atoms with van der Waals surface area (Å²) in [7, 11) is 0. The molecular weight excluding hydrogens is 190 g/mol. The molecule has 0 fully saturated rings. The van der Waals surface area contributed by atoms with Crippen molar-refractivity contribution in [2.24, 2.45) is 0 Å². The van der Waals surface area contributed by atoms with Crippen LogP contribution in [0, 0.1) is 11.3 Å². The summed E-state index contributed by atoms with van der Waals surface area (Å²) in [6.07, 6.45) is -0.871. The van der Waals surface area contributed by atoms with E-state index in [0.717, 1.165) is 11.3 Å². The zero-order valence-electron chi connectivity index (χ0n) is 6.71. The summed E-state index contributed by atoms with van der Waals surface area (Å²) in [5.41, 5.74) is 5.34. The average Bonchev–Trinajstić information content (AvgIpc) is 2.51. The molecule has 1 aromatic rings. The lowest BCUT2D eigenvalue weighted by atomic mass is 10.1. The first-order chi connectivity index (χ1) is 6.15. The molecule has 13 heavy (non-hydrogen) atoms. The third-order valence-electron chi connectivity index (χ3n) is 1.50. The zero-order chi connectivity index (χ0) is 9.84. The number of nitrogens with zero attached hydrogens (tertiary/aromatic N) is 2. The molecule has 6 heteroatoms. The van der Waals surface area contributed by atoms with E-state index in [4.69, 9.17) is 11.0 Å². The van der Waals surface area contributed by atoms with E-state index >= 15 is 0 Å². The highest BCUT2D eigenvalue weighted by molar-refractivity contribution is 7.15. The van der Waals surface area contributed by atoms with Crippen LogP contribution in [-0.2, 0) is 0 Å². The standard InChI is InChI=1S/C7H9N3O2S/c8-2-1-4(11)6(12)5-3-10-7(9)13-5/h3-4,6,11-12H,1H2,(H2,9,10). The van der Waals surface area contributed by atoms with Crippen molar-refractivity contribution in [1.82, 2.24) is 4.98 Å². The Kier molecular flexibility index (Phi) is 3.19. The summed E-state index contributed by atoms with van der Waals surface area (Å²) in [4.78, 5) is 4.19. The summed E-state index contributed by atoms with van der Waals surface area (Å²) >= 11 is 1.10. The van der Waals surface area contributed by atoms with Crippen LogP contribution in [0.5, 0.6) is 0 Å². The van der Waals surface area contributed by atoms with E-state index < -0.39 is 12.2 Å². The van der Waals surface area contributed by atoms with E-state index in [0.29, 0.717) is 10.0 Å². The normalized spacial score (nSPS) is 14.8. The van der Waals surface area contributed by atoms with Crippen LogP contribution < -0.4 is 5.73 Å². The predicted octanol–water partition coefficient (Wildman–Crippen LogP) is 0.0333. The highest BCUT2D eigenvalue weighted by Gasteiger charge is 2.19. The second-order valence-corrected chi connectivity index (χ2v) is 3.57. The summed E-state index contributed by atoms with van der Waals surface area (Å²) in [5, 5.41) is 27.3. The van der Waals surface area contributed by atoms with Crippen LogP contribution in [0.3, 0.4) is 0 Å². The predicted molar refractivity (Wildman–Crippen MR) is 47.7 cm³/mol. The van der Waals surface area contributed by atoms with Crippen molar-refractivity contribution in [3.63, 3.8) is 0 Å². The van der Waals surface area contributed by atoms with Crippen molar-refractivity contribution < 1.29 is 10.2 Å². The van der Waals surface area contributed by atoms with Crippen LogP contribution in [0.15, 0.2) is 6.20 Å². The van der Waals surface area contributed by atoms with Gasteiger partial charge in [-0.25, -0.2) is 4.98 Å². The molecule has 1 rings (SSSR count). The molecule has 0 spiro atoms. The Hall–Kier alpha value is -1.16. The maximum Gasteiger partial charge on any atom is 0.180 e. The Bertz CT molecular complexity index is 320. The lowest BCUT2D eigenvalue weighted by Gasteiger charge is -2.11. The fraction of sp³-hybridized carbons (Fsp3) is 0.429. The minimum atomic E-state index is -1.08. The molecule has 0 amide bonds. The Morgan fingerprint density at radius 1 is 1.69 bits per heavy atom. The Morgan fingerprint density at radius 3 is 2.85 bits per heavy atom. The second kappa shape index (κ2) is 4.18. The molecule has 0 aliphatic carbocycles. The Balaban J connectivity index is 2.68. The zero-order valence-corrected chi connectivity index (χ0v) is 7.53. The molecule has 0 bridgehead atoms. The molecule has 1 heterocycles. The molecule has 0 radical (unpaired) electrons. The number of anilines is 1. The summed E-state index contributed by atoms with van der Waals surface area (Å²) < 4.78 is 0. The van der Waals surface area contributed by atoms with E-state index in [2.05, 4.69) is 4.98 Å². The maximum atomic E-state index is 9.45. The summed E-state index contributed by atoms with van der Waals surface area (Å²) in [6.45, 7) is 0. The van der Waals surface area contributed by atoms with Gasteiger partial charge in [0.25, 0.3) is 0 Å². The number of nitrogens with two attached hydrogens (primary N) is 1. The molecular formula is C7H9N3O2S. The van der Waals surface area contributed by atoms with Gasteiger partial charge >= 0.3 is 0 Å². The first-order valence-electron chi connectivity index (χ1n) is 3.59. The van der Waals surface area contributed by atoms with Gasteiger partial charge in [-0.05, 0) is 0 Å². The average molecular weight is 199 g/mol. The van der Waals surface area contributed by atoms with Gasteiger partial charge in [0, 0.05) is 6.20 Å². The van der Waals surface area contributed by atoms with Gasteiger partial charge in [-0.2, -0.15) is 5.26 Å². The van der Waals surface area contributed by atoms with Crippen molar-refractivity contribution in [3.05, 3.63) is 11.1 Å². The summed E-state index contributed by atoms with van der Waals surface area (Å²) in [5.74, 6) is 0. The molecule has 0 aliphatic rings. The first-order valence-corrected chi connectivity index (χ1v) is 4.41. The number of hydrogen-bond acceptors (Lipinski definition) is 6. The number of hydrogen-bond donors (Lipinski definition) is 3. The van der Waals surface area contributed by atoms with Gasteiger partial charge in [0.15, 0.2) is 5.13 Å². The number of rotatable bonds is 3. The highest BCUT2D eigenvalue weighted by atomic mass is 32.1. The fourth-order valence-corrected chi connectivity index (χ4v) is 1.56. The number of aromatic nitrogens is 1. The van der Waals surface area contributed by atoms with Crippen molar-refractivity contribution in [2.45, 2.75) is 18.6 Å². The quantitative estimate of drug-likeness (QED) is 0.637. The molecule has 70 valence electrons. The van der Waals surface area contributed by atoms with E-state index in [1.807, 2.05) is 0 Å². The third-order valence-corrected chi connectivity index (χ3v) is 2.39. The van der Waals surface area contributed by atoms with Crippen LogP contribution >= 0.6 is 11.3 Å². The number of nitriles is 1. The van der Waals surface area contributed by atoms with Crippen molar-refractivity contribution in [2.75, 3.05) is 5.73 Å². The van der Waals surface area contributed by atoms with Crippen molar-refractivity contribution in [1.29, 1.82) is 5.26 Å². The highest BCUT2D eigenvalue weighted by Crippen LogP contribution is 2.25. The van der Waals surface area contributed by atoms with Gasteiger partial charge < -0.3 is 15.9 Å². The van der Waals surface area contributed by atoms with Crippen molar-refractivity contribution >= 4 is 16.5 Å². The van der Waals surface area contributed by atoms with E-state index in [9.17, 15) is 10.2 Å². The van der Waals surface area contributed by atoms with Gasteiger partial charge in [0.05, 0.1) is 23.5 Å². The van der Waals surface area contributed by atoms with Gasteiger partial charge in [-0.15, -0.1) is 0 Å². The third kappa shape index (κ3) is 2.39. The van der Waals surface area contributed by atoms with Crippen LogP contribution in [0.1, 0.15) is 17.4 Å². The molecule has 1 aromatic heterocycles. The molecule has 5 nitrogen and oxygen atoms in total. The lowest BCUT2D eigenvalue weighted by molar-refractivity contribution is 0.0237. The van der Waals surface area contributed by atoms with Gasteiger partial charge in [0.2, 0.25) is 0 Å². The second-order valence-electron chi connectivity index (χ2n) is 2.48. The number of aliphatic hydroxyl groups is 2. The van der Waals surface area contributed by atoms with Crippen LogP contribution in [0.2, 0.25) is 0 Å². The van der Waals surface area contributed by atoms with E-state index in [-0.39, 0.29) is 6.42 Å². The molecule has 2 unspecified atom stereocenters. The maximum absolute atomic E-state index is 9.45. The first kappa shape index (κ1) is 9.92. The van der Waals surface area contributed by atoms with E-state index in [1.54, 1.807) is 6.07 Å². The molecule has 4 N–H and O–H groups in total. The Labute approximate surface area is 79.1 Å². The van der Waals surface area contributed by atoms with Crippen LogP contribution in [-0.4, -0.2) is 21.3 Å². The van der Waals surface area contributed by atoms with Gasteiger partial charge in [0.1, 0.15) is 6.10 Å².